The molecule has 0 bridgehead atoms. The van der Waals surface area contributed by atoms with Gasteiger partial charge in [0.2, 0.25) is 0 Å². The summed E-state index contributed by atoms with van der Waals surface area (Å²) in [5.41, 5.74) is 8.49. The van der Waals surface area contributed by atoms with E-state index in [0.29, 0.717) is 0 Å². The first-order valence-electron chi connectivity index (χ1n) is 6.20. The third-order valence-electron chi connectivity index (χ3n) is 2.79. The van der Waals surface area contributed by atoms with Gasteiger partial charge in [-0.25, -0.2) is 0 Å². The summed E-state index contributed by atoms with van der Waals surface area (Å²) in [6.07, 6.45) is 0.0173. The quantitative estimate of drug-likeness (QED) is 0.871. The van der Waals surface area contributed by atoms with Gasteiger partial charge in [0, 0.05) is 11.5 Å². The van der Waals surface area contributed by atoms with Crippen molar-refractivity contribution in [3.8, 4) is 5.75 Å². The average Bonchev–Trinajstić information content (AvgIpc) is 2.10. The maximum atomic E-state index is 6.08. The largest absolute Gasteiger partial charge is 0.488 e. The molecule has 0 amide bonds. The predicted octanol–water partition coefficient (Wildman–Crippen LogP) is 3.44. The molecule has 17 heavy (non-hydrogen) atoms. The highest BCUT2D eigenvalue weighted by atomic mass is 16.5. The summed E-state index contributed by atoms with van der Waals surface area (Å²) < 4.78 is 6.08. The van der Waals surface area contributed by atoms with Crippen LogP contribution in [0.3, 0.4) is 0 Å². The number of aryl methyl sites for hydroxylation is 2. The molecule has 1 aromatic rings. The van der Waals surface area contributed by atoms with Crippen LogP contribution in [-0.4, -0.2) is 12.1 Å². The molecule has 0 saturated carbocycles. The molecule has 0 aromatic heterocycles. The Morgan fingerprint density at radius 2 is 1.53 bits per heavy atom. The molecular weight excluding hydrogens is 210 g/mol. The maximum Gasteiger partial charge on any atom is 0.120 e. The highest BCUT2D eigenvalue weighted by Gasteiger charge is 2.29. The van der Waals surface area contributed by atoms with Crippen LogP contribution in [0.1, 0.15) is 38.8 Å². The molecule has 0 heterocycles. The summed E-state index contributed by atoms with van der Waals surface area (Å²) >= 11 is 0. The Balaban J connectivity index is 2.94. The van der Waals surface area contributed by atoms with Gasteiger partial charge in [-0.15, -0.1) is 0 Å². The third kappa shape index (κ3) is 4.04. The third-order valence-corrected chi connectivity index (χ3v) is 2.79. The van der Waals surface area contributed by atoms with Crippen molar-refractivity contribution in [2.24, 2.45) is 11.1 Å². The Kier molecular flexibility index (Phi) is 4.21. The van der Waals surface area contributed by atoms with Crippen LogP contribution in [0.2, 0.25) is 0 Å². The molecule has 0 aliphatic rings. The fourth-order valence-corrected chi connectivity index (χ4v) is 2.22. The van der Waals surface area contributed by atoms with Crippen LogP contribution in [0, 0.1) is 19.3 Å². The molecule has 2 unspecified atom stereocenters. The zero-order chi connectivity index (χ0) is 13.2. The molecule has 1 aromatic carbocycles. The van der Waals surface area contributed by atoms with Gasteiger partial charge in [0.25, 0.3) is 0 Å². The van der Waals surface area contributed by atoms with Gasteiger partial charge in [-0.05, 0) is 44.0 Å². The van der Waals surface area contributed by atoms with Crippen LogP contribution in [0.4, 0.5) is 0 Å². The standard InChI is InChI=1S/C15H25NO/c1-10-7-11(2)9-13(8-10)17-14(12(3)16)15(4,5)6/h7-9,12,14H,16H2,1-6H3. The Labute approximate surface area is 105 Å². The Hall–Kier alpha value is -1.02. The lowest BCUT2D eigenvalue weighted by Crippen LogP contribution is -2.45. The molecule has 96 valence electrons. The van der Waals surface area contributed by atoms with E-state index in [1.165, 1.54) is 11.1 Å². The van der Waals surface area contributed by atoms with Crippen molar-refractivity contribution in [3.63, 3.8) is 0 Å². The van der Waals surface area contributed by atoms with Crippen molar-refractivity contribution in [1.82, 2.24) is 0 Å². The van der Waals surface area contributed by atoms with E-state index < -0.39 is 0 Å². The van der Waals surface area contributed by atoms with Crippen molar-refractivity contribution in [2.75, 3.05) is 0 Å². The average molecular weight is 235 g/mol. The minimum Gasteiger partial charge on any atom is -0.488 e. The van der Waals surface area contributed by atoms with Gasteiger partial charge in [-0.2, -0.15) is 0 Å². The van der Waals surface area contributed by atoms with Crippen LogP contribution >= 0.6 is 0 Å². The highest BCUT2D eigenvalue weighted by Crippen LogP contribution is 2.27. The Bertz CT molecular complexity index is 357. The lowest BCUT2D eigenvalue weighted by molar-refractivity contribution is 0.0683. The van der Waals surface area contributed by atoms with E-state index >= 15 is 0 Å². The van der Waals surface area contributed by atoms with E-state index in [-0.39, 0.29) is 17.6 Å². The first-order chi connectivity index (χ1) is 7.70. The van der Waals surface area contributed by atoms with E-state index in [4.69, 9.17) is 10.5 Å². The van der Waals surface area contributed by atoms with Crippen LogP contribution in [0.5, 0.6) is 5.75 Å². The summed E-state index contributed by atoms with van der Waals surface area (Å²) in [5, 5.41) is 0. The number of nitrogens with two attached hydrogens (primary N) is 1. The highest BCUT2D eigenvalue weighted by molar-refractivity contribution is 5.33. The molecule has 0 fully saturated rings. The summed E-state index contributed by atoms with van der Waals surface area (Å²) in [5.74, 6) is 0.916. The molecular formula is C15H25NO. The zero-order valence-corrected chi connectivity index (χ0v) is 11.9. The fourth-order valence-electron chi connectivity index (χ4n) is 2.22. The van der Waals surface area contributed by atoms with Gasteiger partial charge in [0.1, 0.15) is 11.9 Å². The van der Waals surface area contributed by atoms with Crippen LogP contribution < -0.4 is 10.5 Å². The van der Waals surface area contributed by atoms with E-state index in [9.17, 15) is 0 Å². The van der Waals surface area contributed by atoms with Crippen molar-refractivity contribution in [3.05, 3.63) is 29.3 Å². The number of hydrogen-bond donors (Lipinski definition) is 1. The Morgan fingerprint density at radius 1 is 1.06 bits per heavy atom. The van der Waals surface area contributed by atoms with Crippen molar-refractivity contribution < 1.29 is 4.74 Å². The van der Waals surface area contributed by atoms with Gasteiger partial charge >= 0.3 is 0 Å². The molecule has 2 heteroatoms. The topological polar surface area (TPSA) is 35.2 Å². The molecule has 2 N–H and O–H groups in total. The summed E-state index contributed by atoms with van der Waals surface area (Å²) in [6.45, 7) is 12.6. The van der Waals surface area contributed by atoms with Crippen LogP contribution in [-0.2, 0) is 0 Å². The number of benzene rings is 1. The van der Waals surface area contributed by atoms with E-state index in [2.05, 4.69) is 52.8 Å². The number of hydrogen-bond acceptors (Lipinski definition) is 2. The predicted molar refractivity (Wildman–Crippen MR) is 73.4 cm³/mol. The minimum atomic E-state index is 0.0100. The summed E-state index contributed by atoms with van der Waals surface area (Å²) in [7, 11) is 0. The normalized spacial score (nSPS) is 15.5. The lowest BCUT2D eigenvalue weighted by Gasteiger charge is -2.34. The smallest absolute Gasteiger partial charge is 0.120 e. The van der Waals surface area contributed by atoms with Gasteiger partial charge in [0.15, 0.2) is 0 Å². The van der Waals surface area contributed by atoms with Crippen molar-refractivity contribution >= 4 is 0 Å². The van der Waals surface area contributed by atoms with Crippen molar-refractivity contribution in [1.29, 1.82) is 0 Å². The monoisotopic (exact) mass is 235 g/mol. The minimum absolute atomic E-state index is 0.0100. The second-order valence-electron chi connectivity index (χ2n) is 6.09. The molecule has 2 atom stereocenters. The Morgan fingerprint density at radius 3 is 1.88 bits per heavy atom. The number of rotatable bonds is 3. The summed E-state index contributed by atoms with van der Waals surface area (Å²) in [6, 6.07) is 6.28. The molecule has 0 radical (unpaired) electrons. The molecule has 0 spiro atoms. The first-order valence-corrected chi connectivity index (χ1v) is 6.20. The molecule has 1 rings (SSSR count). The SMILES string of the molecule is Cc1cc(C)cc(OC(C(C)N)C(C)(C)C)c1. The van der Waals surface area contributed by atoms with Crippen LogP contribution in [0.25, 0.3) is 0 Å². The van der Waals surface area contributed by atoms with Gasteiger partial charge in [0.05, 0.1) is 0 Å². The van der Waals surface area contributed by atoms with Gasteiger partial charge in [-0.1, -0.05) is 26.8 Å². The van der Waals surface area contributed by atoms with Crippen molar-refractivity contribution in [2.45, 2.75) is 53.7 Å². The van der Waals surface area contributed by atoms with E-state index in [1.54, 1.807) is 0 Å². The van der Waals surface area contributed by atoms with Gasteiger partial charge in [-0.3, -0.25) is 0 Å². The number of ether oxygens (including phenoxy) is 1. The molecule has 2 nitrogen and oxygen atoms in total. The van der Waals surface area contributed by atoms with Crippen LogP contribution in [0.15, 0.2) is 18.2 Å². The fraction of sp³-hybridized carbons (Fsp3) is 0.600. The lowest BCUT2D eigenvalue weighted by atomic mass is 9.85. The second-order valence-corrected chi connectivity index (χ2v) is 6.09. The first kappa shape index (κ1) is 14.0. The second kappa shape index (κ2) is 5.09. The van der Waals surface area contributed by atoms with E-state index in [1.807, 2.05) is 6.92 Å². The zero-order valence-electron chi connectivity index (χ0n) is 11.9. The molecule has 0 aliphatic heterocycles. The van der Waals surface area contributed by atoms with Gasteiger partial charge < -0.3 is 10.5 Å². The maximum absolute atomic E-state index is 6.08. The molecule has 0 saturated heterocycles. The summed E-state index contributed by atoms with van der Waals surface area (Å²) in [4.78, 5) is 0. The molecule has 0 aliphatic carbocycles. The van der Waals surface area contributed by atoms with E-state index in [0.717, 1.165) is 5.75 Å².